The first-order valence-electron chi connectivity index (χ1n) is 6.40. The first kappa shape index (κ1) is 14.3. The smallest absolute Gasteiger partial charge is 0.260 e. The van der Waals surface area contributed by atoms with E-state index in [-0.39, 0.29) is 24.5 Å². The summed E-state index contributed by atoms with van der Waals surface area (Å²) >= 11 is 3.35. The predicted octanol–water partition coefficient (Wildman–Crippen LogP) is 2.06. The number of hydrogen-bond donors (Lipinski definition) is 1. The van der Waals surface area contributed by atoms with E-state index >= 15 is 0 Å². The van der Waals surface area contributed by atoms with Crippen LogP contribution < -0.4 is 4.74 Å². The van der Waals surface area contributed by atoms with E-state index in [0.29, 0.717) is 18.8 Å². The molecule has 5 heteroatoms. The Balaban J connectivity index is 1.80. The zero-order valence-corrected chi connectivity index (χ0v) is 12.5. The Kier molecular flexibility index (Phi) is 4.82. The standard InChI is InChI=1S/C14H18BrNO3/c1-10(17)11-6-7-16(8-11)14(18)9-19-13-4-2-12(15)3-5-13/h2-5,10-11,17H,6-9H2,1H3. The monoisotopic (exact) mass is 327 g/mol. The van der Waals surface area contributed by atoms with Gasteiger partial charge in [0.2, 0.25) is 0 Å². The van der Waals surface area contributed by atoms with Gasteiger partial charge in [-0.2, -0.15) is 0 Å². The van der Waals surface area contributed by atoms with Crippen molar-refractivity contribution < 1.29 is 14.6 Å². The lowest BCUT2D eigenvalue weighted by atomic mass is 10.0. The van der Waals surface area contributed by atoms with Crippen molar-refractivity contribution in [1.82, 2.24) is 4.90 Å². The van der Waals surface area contributed by atoms with E-state index in [1.54, 1.807) is 11.8 Å². The molecule has 0 aromatic heterocycles. The van der Waals surface area contributed by atoms with Crippen LogP contribution in [-0.2, 0) is 4.79 Å². The van der Waals surface area contributed by atoms with Gasteiger partial charge in [0, 0.05) is 23.5 Å². The number of aliphatic hydroxyl groups excluding tert-OH is 1. The second kappa shape index (κ2) is 6.39. The molecule has 0 bridgehead atoms. The summed E-state index contributed by atoms with van der Waals surface area (Å²) in [6, 6.07) is 7.39. The maximum absolute atomic E-state index is 12.0. The van der Waals surface area contributed by atoms with E-state index in [2.05, 4.69) is 15.9 Å². The molecule has 1 amide bonds. The second-order valence-corrected chi connectivity index (χ2v) is 5.79. The lowest BCUT2D eigenvalue weighted by Gasteiger charge is -2.18. The molecule has 1 aromatic carbocycles. The van der Waals surface area contributed by atoms with Gasteiger partial charge in [0.05, 0.1) is 6.10 Å². The topological polar surface area (TPSA) is 49.8 Å². The third kappa shape index (κ3) is 3.94. The average Bonchev–Trinajstić information content (AvgIpc) is 2.87. The lowest BCUT2D eigenvalue weighted by molar-refractivity contribution is -0.132. The molecule has 1 aliphatic rings. The molecule has 1 fully saturated rings. The number of halogens is 1. The average molecular weight is 328 g/mol. The molecule has 1 N–H and O–H groups in total. The van der Waals surface area contributed by atoms with Gasteiger partial charge < -0.3 is 14.7 Å². The summed E-state index contributed by atoms with van der Waals surface area (Å²) in [5.74, 6) is 0.852. The van der Waals surface area contributed by atoms with E-state index in [4.69, 9.17) is 4.74 Å². The van der Waals surface area contributed by atoms with E-state index in [1.807, 2.05) is 24.3 Å². The molecule has 2 rings (SSSR count). The normalized spacial score (nSPS) is 20.4. The van der Waals surface area contributed by atoms with E-state index in [9.17, 15) is 9.90 Å². The summed E-state index contributed by atoms with van der Waals surface area (Å²) in [4.78, 5) is 13.7. The highest BCUT2D eigenvalue weighted by Crippen LogP contribution is 2.20. The molecule has 1 heterocycles. The van der Waals surface area contributed by atoms with Crippen molar-refractivity contribution in [1.29, 1.82) is 0 Å². The lowest BCUT2D eigenvalue weighted by Crippen LogP contribution is -2.34. The number of ether oxygens (including phenoxy) is 1. The summed E-state index contributed by atoms with van der Waals surface area (Å²) in [6.45, 7) is 3.16. The fraction of sp³-hybridized carbons (Fsp3) is 0.500. The maximum Gasteiger partial charge on any atom is 0.260 e. The molecule has 19 heavy (non-hydrogen) atoms. The van der Waals surface area contributed by atoms with Crippen molar-refractivity contribution in [3.05, 3.63) is 28.7 Å². The summed E-state index contributed by atoms with van der Waals surface area (Å²) in [5.41, 5.74) is 0. The molecular weight excluding hydrogens is 310 g/mol. The molecule has 0 saturated carbocycles. The molecule has 0 aliphatic carbocycles. The number of carbonyl (C=O) groups excluding carboxylic acids is 1. The Labute approximate surface area is 121 Å². The first-order chi connectivity index (χ1) is 9.06. The summed E-state index contributed by atoms with van der Waals surface area (Å²) < 4.78 is 6.43. The van der Waals surface area contributed by atoms with Gasteiger partial charge in [0.1, 0.15) is 5.75 Å². The third-order valence-electron chi connectivity index (χ3n) is 3.44. The van der Waals surface area contributed by atoms with Crippen molar-refractivity contribution >= 4 is 21.8 Å². The molecule has 0 spiro atoms. The molecule has 104 valence electrons. The van der Waals surface area contributed by atoms with Gasteiger partial charge in [0.25, 0.3) is 5.91 Å². The van der Waals surface area contributed by atoms with Gasteiger partial charge in [-0.25, -0.2) is 0 Å². The summed E-state index contributed by atoms with van der Waals surface area (Å²) in [6.07, 6.45) is 0.506. The van der Waals surface area contributed by atoms with Crippen molar-refractivity contribution in [2.45, 2.75) is 19.4 Å². The highest BCUT2D eigenvalue weighted by Gasteiger charge is 2.28. The Morgan fingerprint density at radius 2 is 2.21 bits per heavy atom. The zero-order chi connectivity index (χ0) is 13.8. The van der Waals surface area contributed by atoms with Crippen LogP contribution in [0.25, 0.3) is 0 Å². The molecule has 1 aliphatic heterocycles. The Morgan fingerprint density at radius 1 is 1.53 bits per heavy atom. The van der Waals surface area contributed by atoms with E-state index < -0.39 is 0 Å². The van der Waals surface area contributed by atoms with Gasteiger partial charge in [0.15, 0.2) is 6.61 Å². The first-order valence-corrected chi connectivity index (χ1v) is 7.20. The van der Waals surface area contributed by atoms with Crippen LogP contribution in [0.5, 0.6) is 5.75 Å². The van der Waals surface area contributed by atoms with Crippen molar-refractivity contribution in [2.75, 3.05) is 19.7 Å². The maximum atomic E-state index is 12.0. The molecule has 1 saturated heterocycles. The number of nitrogens with zero attached hydrogens (tertiary/aromatic N) is 1. The minimum Gasteiger partial charge on any atom is -0.484 e. The Morgan fingerprint density at radius 3 is 2.79 bits per heavy atom. The number of hydrogen-bond acceptors (Lipinski definition) is 3. The van der Waals surface area contributed by atoms with Crippen LogP contribution in [0.4, 0.5) is 0 Å². The number of likely N-dealkylation sites (tertiary alicyclic amines) is 1. The van der Waals surface area contributed by atoms with Gasteiger partial charge in [-0.15, -0.1) is 0 Å². The van der Waals surface area contributed by atoms with Crippen molar-refractivity contribution in [3.63, 3.8) is 0 Å². The number of carbonyl (C=O) groups is 1. The van der Waals surface area contributed by atoms with E-state index in [1.165, 1.54) is 0 Å². The zero-order valence-electron chi connectivity index (χ0n) is 10.9. The number of amides is 1. The van der Waals surface area contributed by atoms with Crippen LogP contribution in [0.2, 0.25) is 0 Å². The van der Waals surface area contributed by atoms with Gasteiger partial charge in [-0.05, 0) is 37.6 Å². The minimum atomic E-state index is -0.356. The van der Waals surface area contributed by atoms with Crippen LogP contribution in [0.15, 0.2) is 28.7 Å². The number of benzene rings is 1. The Hall–Kier alpha value is -1.07. The number of rotatable bonds is 4. The molecule has 1 aromatic rings. The SMILES string of the molecule is CC(O)C1CCN(C(=O)COc2ccc(Br)cc2)C1. The minimum absolute atomic E-state index is 0.0222. The van der Waals surface area contributed by atoms with Crippen molar-refractivity contribution in [2.24, 2.45) is 5.92 Å². The molecular formula is C14H18BrNO3. The van der Waals surface area contributed by atoms with Crippen LogP contribution in [-0.4, -0.2) is 41.7 Å². The molecule has 4 nitrogen and oxygen atoms in total. The summed E-state index contributed by atoms with van der Waals surface area (Å²) in [7, 11) is 0. The fourth-order valence-electron chi connectivity index (χ4n) is 2.17. The van der Waals surface area contributed by atoms with Crippen LogP contribution in [0.1, 0.15) is 13.3 Å². The number of aliphatic hydroxyl groups is 1. The summed E-state index contributed by atoms with van der Waals surface area (Å²) in [5, 5.41) is 9.51. The van der Waals surface area contributed by atoms with Crippen molar-refractivity contribution in [3.8, 4) is 5.75 Å². The van der Waals surface area contributed by atoms with Crippen LogP contribution >= 0.6 is 15.9 Å². The van der Waals surface area contributed by atoms with Crippen LogP contribution in [0, 0.1) is 5.92 Å². The quantitative estimate of drug-likeness (QED) is 0.920. The highest BCUT2D eigenvalue weighted by atomic mass is 79.9. The molecule has 0 radical (unpaired) electrons. The fourth-order valence-corrected chi connectivity index (χ4v) is 2.44. The molecule has 2 unspecified atom stereocenters. The Bertz CT molecular complexity index is 433. The second-order valence-electron chi connectivity index (χ2n) is 4.87. The third-order valence-corrected chi connectivity index (χ3v) is 3.96. The van der Waals surface area contributed by atoms with Crippen LogP contribution in [0.3, 0.4) is 0 Å². The predicted molar refractivity (Wildman–Crippen MR) is 76.0 cm³/mol. The van der Waals surface area contributed by atoms with Gasteiger partial charge >= 0.3 is 0 Å². The van der Waals surface area contributed by atoms with Gasteiger partial charge in [-0.3, -0.25) is 4.79 Å². The molecule has 2 atom stereocenters. The van der Waals surface area contributed by atoms with E-state index in [0.717, 1.165) is 10.9 Å². The van der Waals surface area contributed by atoms with Gasteiger partial charge in [-0.1, -0.05) is 15.9 Å². The highest BCUT2D eigenvalue weighted by molar-refractivity contribution is 9.10. The largest absolute Gasteiger partial charge is 0.484 e.